The largest absolute Gasteiger partial charge is 0.461 e. The lowest BCUT2D eigenvalue weighted by atomic mass is 10.0. The van der Waals surface area contributed by atoms with Crippen LogP contribution in [0.25, 0.3) is 11.6 Å². The van der Waals surface area contributed by atoms with Crippen molar-refractivity contribution in [1.29, 1.82) is 0 Å². The minimum atomic E-state index is 0.526. The van der Waals surface area contributed by atoms with E-state index in [2.05, 4.69) is 33.2 Å². The predicted octanol–water partition coefficient (Wildman–Crippen LogP) is 4.59. The van der Waals surface area contributed by atoms with Gasteiger partial charge in [-0.1, -0.05) is 12.8 Å². The molecule has 106 valence electrons. The first-order valence-corrected chi connectivity index (χ1v) is 7.94. The zero-order valence-electron chi connectivity index (χ0n) is 11.5. The molecule has 0 spiro atoms. The molecule has 3 rings (SSSR count). The van der Waals surface area contributed by atoms with Gasteiger partial charge in [-0.25, -0.2) is 9.97 Å². The maximum absolute atomic E-state index is 5.44. The molecule has 20 heavy (non-hydrogen) atoms. The van der Waals surface area contributed by atoms with Crippen molar-refractivity contribution in [2.45, 2.75) is 38.5 Å². The number of nitrogens with one attached hydrogen (secondary N) is 1. The molecule has 0 atom stereocenters. The molecule has 0 aliphatic heterocycles. The number of furan rings is 1. The van der Waals surface area contributed by atoms with Gasteiger partial charge in [-0.3, -0.25) is 0 Å². The molecule has 0 amide bonds. The van der Waals surface area contributed by atoms with Gasteiger partial charge in [0.15, 0.2) is 11.6 Å². The third kappa shape index (κ3) is 2.59. The Morgan fingerprint density at radius 3 is 2.80 bits per heavy atom. The Kier molecular flexibility index (Phi) is 4.05. The number of halogens is 1. The van der Waals surface area contributed by atoms with E-state index in [-0.39, 0.29) is 0 Å². The Balaban J connectivity index is 2.07. The van der Waals surface area contributed by atoms with Crippen LogP contribution >= 0.6 is 15.9 Å². The molecular formula is C15H18BrN3O. The van der Waals surface area contributed by atoms with Crippen molar-refractivity contribution in [2.75, 3.05) is 11.9 Å². The highest BCUT2D eigenvalue weighted by molar-refractivity contribution is 9.10. The van der Waals surface area contributed by atoms with Crippen LogP contribution in [0.2, 0.25) is 0 Å². The van der Waals surface area contributed by atoms with E-state index in [9.17, 15) is 0 Å². The second-order valence-corrected chi connectivity index (χ2v) is 5.88. The van der Waals surface area contributed by atoms with E-state index in [4.69, 9.17) is 9.40 Å². The third-order valence-electron chi connectivity index (χ3n) is 3.70. The van der Waals surface area contributed by atoms with E-state index in [1.54, 1.807) is 6.26 Å². The Hall–Kier alpha value is -1.36. The first-order valence-electron chi connectivity index (χ1n) is 7.14. The number of aromatic nitrogens is 2. The van der Waals surface area contributed by atoms with Gasteiger partial charge in [-0.05, 0) is 47.8 Å². The molecule has 0 aromatic carbocycles. The second kappa shape index (κ2) is 5.95. The molecule has 1 aliphatic rings. The standard InChI is InChI=1S/C15H18BrN3O/c1-2-17-15-12(16)13(10-6-3-4-7-10)18-14(19-15)11-8-5-9-20-11/h5,8-10H,2-4,6-7H2,1H3,(H,17,18,19). The summed E-state index contributed by atoms with van der Waals surface area (Å²) in [7, 11) is 0. The number of hydrogen-bond donors (Lipinski definition) is 1. The average molecular weight is 336 g/mol. The van der Waals surface area contributed by atoms with Crippen molar-refractivity contribution in [3.63, 3.8) is 0 Å². The van der Waals surface area contributed by atoms with Crippen LogP contribution in [-0.4, -0.2) is 16.5 Å². The summed E-state index contributed by atoms with van der Waals surface area (Å²) in [6, 6.07) is 3.76. The van der Waals surface area contributed by atoms with Gasteiger partial charge in [0, 0.05) is 12.5 Å². The summed E-state index contributed by atoms with van der Waals surface area (Å²) < 4.78 is 6.44. The van der Waals surface area contributed by atoms with E-state index < -0.39 is 0 Å². The number of rotatable bonds is 4. The summed E-state index contributed by atoms with van der Waals surface area (Å²) in [6.45, 7) is 2.90. The fraction of sp³-hybridized carbons (Fsp3) is 0.467. The fourth-order valence-corrected chi connectivity index (χ4v) is 3.38. The van der Waals surface area contributed by atoms with Gasteiger partial charge in [0.1, 0.15) is 5.82 Å². The zero-order valence-corrected chi connectivity index (χ0v) is 13.1. The van der Waals surface area contributed by atoms with Gasteiger partial charge < -0.3 is 9.73 Å². The van der Waals surface area contributed by atoms with E-state index >= 15 is 0 Å². The highest BCUT2D eigenvalue weighted by atomic mass is 79.9. The number of nitrogens with zero attached hydrogens (tertiary/aromatic N) is 2. The fourth-order valence-electron chi connectivity index (χ4n) is 2.73. The minimum Gasteiger partial charge on any atom is -0.461 e. The van der Waals surface area contributed by atoms with Crippen molar-refractivity contribution in [3.05, 3.63) is 28.6 Å². The molecular weight excluding hydrogens is 318 g/mol. The van der Waals surface area contributed by atoms with Gasteiger partial charge in [0.05, 0.1) is 16.4 Å². The summed E-state index contributed by atoms with van der Waals surface area (Å²) in [4.78, 5) is 9.32. The summed E-state index contributed by atoms with van der Waals surface area (Å²) >= 11 is 3.67. The van der Waals surface area contributed by atoms with Gasteiger partial charge in [0.2, 0.25) is 0 Å². The van der Waals surface area contributed by atoms with Crippen LogP contribution in [0.4, 0.5) is 5.82 Å². The molecule has 4 nitrogen and oxygen atoms in total. The van der Waals surface area contributed by atoms with Crippen LogP contribution in [0.15, 0.2) is 27.3 Å². The Bertz CT molecular complexity index is 577. The molecule has 2 aromatic rings. The van der Waals surface area contributed by atoms with Crippen LogP contribution in [0.5, 0.6) is 0 Å². The van der Waals surface area contributed by atoms with E-state index in [1.165, 1.54) is 25.7 Å². The lowest BCUT2D eigenvalue weighted by Crippen LogP contribution is -2.08. The third-order valence-corrected chi connectivity index (χ3v) is 4.49. The first-order chi connectivity index (χ1) is 9.79. The van der Waals surface area contributed by atoms with Crippen molar-refractivity contribution < 1.29 is 4.42 Å². The highest BCUT2D eigenvalue weighted by Gasteiger charge is 2.24. The van der Waals surface area contributed by atoms with Crippen LogP contribution in [0.3, 0.4) is 0 Å². The number of hydrogen-bond acceptors (Lipinski definition) is 4. The quantitative estimate of drug-likeness (QED) is 0.887. The lowest BCUT2D eigenvalue weighted by Gasteiger charge is -2.15. The molecule has 0 bridgehead atoms. The second-order valence-electron chi connectivity index (χ2n) is 5.08. The summed E-state index contributed by atoms with van der Waals surface area (Å²) in [6.07, 6.45) is 6.64. The van der Waals surface area contributed by atoms with E-state index in [1.807, 2.05) is 12.1 Å². The average Bonchev–Trinajstić information content (AvgIpc) is 3.14. The van der Waals surface area contributed by atoms with Crippen molar-refractivity contribution in [2.24, 2.45) is 0 Å². The Morgan fingerprint density at radius 1 is 1.35 bits per heavy atom. The molecule has 1 aliphatic carbocycles. The highest BCUT2D eigenvalue weighted by Crippen LogP contribution is 2.39. The van der Waals surface area contributed by atoms with Crippen LogP contribution < -0.4 is 5.32 Å². The van der Waals surface area contributed by atoms with Gasteiger partial charge in [-0.2, -0.15) is 0 Å². The molecule has 5 heteroatoms. The molecule has 1 N–H and O–H groups in total. The SMILES string of the molecule is CCNc1nc(-c2ccco2)nc(C2CCCC2)c1Br. The monoisotopic (exact) mass is 335 g/mol. The lowest BCUT2D eigenvalue weighted by molar-refractivity contribution is 0.575. The van der Waals surface area contributed by atoms with Crippen LogP contribution in [-0.2, 0) is 0 Å². The number of anilines is 1. The summed E-state index contributed by atoms with van der Waals surface area (Å²) in [5.41, 5.74) is 1.11. The maximum atomic E-state index is 5.44. The Labute approximate surface area is 127 Å². The molecule has 2 heterocycles. The summed E-state index contributed by atoms with van der Waals surface area (Å²) in [5.74, 6) is 2.77. The van der Waals surface area contributed by atoms with Crippen LogP contribution in [0.1, 0.15) is 44.2 Å². The minimum absolute atomic E-state index is 0.526. The topological polar surface area (TPSA) is 51.0 Å². The van der Waals surface area contributed by atoms with Crippen molar-refractivity contribution in [1.82, 2.24) is 9.97 Å². The molecule has 1 fully saturated rings. The van der Waals surface area contributed by atoms with Gasteiger partial charge in [0.25, 0.3) is 0 Å². The smallest absolute Gasteiger partial charge is 0.197 e. The van der Waals surface area contributed by atoms with Crippen molar-refractivity contribution in [3.8, 4) is 11.6 Å². The molecule has 1 saturated carbocycles. The molecule has 0 radical (unpaired) electrons. The van der Waals surface area contributed by atoms with Crippen molar-refractivity contribution >= 4 is 21.7 Å². The molecule has 0 saturated heterocycles. The normalized spacial score (nSPS) is 15.7. The maximum Gasteiger partial charge on any atom is 0.197 e. The first kappa shape index (κ1) is 13.6. The van der Waals surface area contributed by atoms with Gasteiger partial charge >= 0.3 is 0 Å². The predicted molar refractivity (Wildman–Crippen MR) is 82.8 cm³/mol. The zero-order chi connectivity index (χ0) is 13.9. The Morgan fingerprint density at radius 2 is 2.15 bits per heavy atom. The summed E-state index contributed by atoms with van der Waals surface area (Å²) in [5, 5.41) is 3.30. The molecule has 0 unspecified atom stereocenters. The van der Waals surface area contributed by atoms with E-state index in [0.29, 0.717) is 11.7 Å². The van der Waals surface area contributed by atoms with Crippen LogP contribution in [0, 0.1) is 0 Å². The van der Waals surface area contributed by atoms with Gasteiger partial charge in [-0.15, -0.1) is 0 Å². The van der Waals surface area contributed by atoms with E-state index in [0.717, 1.165) is 28.3 Å². The molecule has 2 aromatic heterocycles.